The van der Waals surface area contributed by atoms with Crippen LogP contribution in [0.2, 0.25) is 0 Å². The van der Waals surface area contributed by atoms with Crippen LogP contribution < -0.4 is 0 Å². The van der Waals surface area contributed by atoms with Crippen molar-refractivity contribution in [3.8, 4) is 0 Å². The number of rotatable bonds is 2. The van der Waals surface area contributed by atoms with Gasteiger partial charge >= 0.3 is 6.18 Å². The molecule has 0 unspecified atom stereocenters. The van der Waals surface area contributed by atoms with E-state index in [9.17, 15) is 17.6 Å². The lowest BCUT2D eigenvalue weighted by Crippen LogP contribution is -2.16. The third-order valence-electron chi connectivity index (χ3n) is 2.27. The summed E-state index contributed by atoms with van der Waals surface area (Å²) in [6.07, 6.45) is -4.77. The average molecular weight is 247 g/mol. The largest absolute Gasteiger partial charge is 0.419 e. The molecule has 0 saturated carbocycles. The van der Waals surface area contributed by atoms with E-state index in [1.165, 1.54) is 19.9 Å². The zero-order valence-electron chi connectivity index (χ0n) is 9.09. The summed E-state index contributed by atoms with van der Waals surface area (Å²) in [5.41, 5.74) is 5.88. The van der Waals surface area contributed by atoms with Crippen molar-refractivity contribution in [2.75, 3.05) is 0 Å². The van der Waals surface area contributed by atoms with Crippen molar-refractivity contribution in [2.45, 2.75) is 25.6 Å². The van der Waals surface area contributed by atoms with Gasteiger partial charge in [-0.2, -0.15) is 13.2 Å². The van der Waals surface area contributed by atoms with Gasteiger partial charge in [-0.1, -0.05) is 25.0 Å². The first-order chi connectivity index (χ1) is 7.68. The minimum Gasteiger partial charge on any atom is -0.206 e. The lowest BCUT2D eigenvalue weighted by Gasteiger charge is -2.20. The lowest BCUT2D eigenvalue weighted by molar-refractivity contribution is -0.140. The molecule has 17 heavy (non-hydrogen) atoms. The first kappa shape index (κ1) is 13.3. The highest BCUT2D eigenvalue weighted by molar-refractivity contribution is 5.31. The highest BCUT2D eigenvalue weighted by atomic mass is 19.4. The minimum atomic E-state index is -4.77. The molecule has 0 amide bonds. The number of halogens is 4. The number of benzene rings is 1. The number of azide groups is 1. The molecular weight excluding hydrogens is 238 g/mol. The Kier molecular flexibility index (Phi) is 3.33. The Hall–Kier alpha value is -1.75. The lowest BCUT2D eigenvalue weighted by atomic mass is 9.93. The predicted molar refractivity (Wildman–Crippen MR) is 53.6 cm³/mol. The first-order valence-corrected chi connectivity index (χ1v) is 4.62. The molecule has 92 valence electrons. The molecule has 0 aromatic heterocycles. The molecule has 0 N–H and O–H groups in total. The standard InChI is InChI=1S/C10H9F4N3/c1-9(2,16-17-15)6-3-4-8(11)7(5-6)10(12,13)14/h3-5H,1-2H3. The molecule has 3 nitrogen and oxygen atoms in total. The van der Waals surface area contributed by atoms with Gasteiger partial charge < -0.3 is 0 Å². The highest BCUT2D eigenvalue weighted by Gasteiger charge is 2.35. The molecule has 0 saturated heterocycles. The van der Waals surface area contributed by atoms with E-state index >= 15 is 0 Å². The normalized spacial score (nSPS) is 12.1. The summed E-state index contributed by atoms with van der Waals surface area (Å²) in [5, 5.41) is 3.37. The van der Waals surface area contributed by atoms with Crippen LogP contribution in [-0.2, 0) is 11.7 Å². The summed E-state index contributed by atoms with van der Waals surface area (Å²) in [6, 6.07) is 2.54. The topological polar surface area (TPSA) is 48.8 Å². The minimum absolute atomic E-state index is 0.101. The smallest absolute Gasteiger partial charge is 0.206 e. The Morgan fingerprint density at radius 1 is 1.24 bits per heavy atom. The fraction of sp³-hybridized carbons (Fsp3) is 0.400. The first-order valence-electron chi connectivity index (χ1n) is 4.62. The molecule has 0 atom stereocenters. The molecule has 0 aliphatic heterocycles. The zero-order chi connectivity index (χ0) is 13.3. The third-order valence-corrected chi connectivity index (χ3v) is 2.27. The van der Waals surface area contributed by atoms with Crippen molar-refractivity contribution in [1.29, 1.82) is 0 Å². The van der Waals surface area contributed by atoms with Crippen molar-refractivity contribution < 1.29 is 17.6 Å². The van der Waals surface area contributed by atoms with Crippen molar-refractivity contribution in [2.24, 2.45) is 5.11 Å². The molecule has 1 aromatic carbocycles. The maximum atomic E-state index is 13.0. The molecular formula is C10H9F4N3. The van der Waals surface area contributed by atoms with Crippen molar-refractivity contribution in [1.82, 2.24) is 0 Å². The van der Waals surface area contributed by atoms with Gasteiger partial charge in [-0.05, 0) is 23.2 Å². The molecule has 1 aromatic rings. The number of hydrogen-bond acceptors (Lipinski definition) is 1. The summed E-state index contributed by atoms with van der Waals surface area (Å²) in [5.74, 6) is -1.35. The van der Waals surface area contributed by atoms with Crippen molar-refractivity contribution in [3.05, 3.63) is 45.6 Å². The predicted octanol–water partition coefficient (Wildman–Crippen LogP) is 4.39. The molecule has 7 heteroatoms. The van der Waals surface area contributed by atoms with Gasteiger partial charge in [-0.15, -0.1) is 0 Å². The van der Waals surface area contributed by atoms with Gasteiger partial charge in [-0.3, -0.25) is 0 Å². The average Bonchev–Trinajstić information content (AvgIpc) is 2.15. The van der Waals surface area contributed by atoms with Crippen LogP contribution in [0.5, 0.6) is 0 Å². The Bertz CT molecular complexity index is 473. The fourth-order valence-corrected chi connectivity index (χ4v) is 1.29. The van der Waals surface area contributed by atoms with Crippen LogP contribution in [0.1, 0.15) is 25.0 Å². The molecule has 1 rings (SSSR count). The number of hydrogen-bond donors (Lipinski definition) is 0. The molecule has 0 radical (unpaired) electrons. The molecule has 0 aliphatic carbocycles. The van der Waals surface area contributed by atoms with Gasteiger partial charge in [0, 0.05) is 4.91 Å². The summed E-state index contributed by atoms with van der Waals surface area (Å²) < 4.78 is 50.4. The van der Waals surface area contributed by atoms with E-state index in [2.05, 4.69) is 10.0 Å². The Balaban J connectivity index is 3.36. The zero-order valence-corrected chi connectivity index (χ0v) is 9.09. The van der Waals surface area contributed by atoms with Gasteiger partial charge in [0.15, 0.2) is 0 Å². The second-order valence-corrected chi connectivity index (χ2v) is 3.94. The van der Waals surface area contributed by atoms with Crippen LogP contribution in [0, 0.1) is 5.82 Å². The van der Waals surface area contributed by atoms with E-state index in [-0.39, 0.29) is 5.56 Å². The molecule has 0 heterocycles. The number of alkyl halides is 3. The fourth-order valence-electron chi connectivity index (χ4n) is 1.29. The van der Waals surface area contributed by atoms with E-state index in [1.807, 2.05) is 0 Å². The summed E-state index contributed by atoms with van der Waals surface area (Å²) in [6.45, 7) is 2.89. The van der Waals surface area contributed by atoms with Crippen molar-refractivity contribution >= 4 is 0 Å². The van der Waals surface area contributed by atoms with Gasteiger partial charge in [0.1, 0.15) is 5.82 Å². The van der Waals surface area contributed by atoms with Crippen LogP contribution in [0.15, 0.2) is 23.3 Å². The van der Waals surface area contributed by atoms with Gasteiger partial charge in [0.05, 0.1) is 11.1 Å². The summed E-state index contributed by atoms with van der Waals surface area (Å²) >= 11 is 0. The van der Waals surface area contributed by atoms with Crippen LogP contribution in [0.4, 0.5) is 17.6 Å². The van der Waals surface area contributed by atoms with Crippen LogP contribution in [0.25, 0.3) is 10.4 Å². The Labute approximate surface area is 94.7 Å². The van der Waals surface area contributed by atoms with E-state index in [4.69, 9.17) is 5.53 Å². The van der Waals surface area contributed by atoms with Crippen LogP contribution in [-0.4, -0.2) is 0 Å². The number of nitrogens with zero attached hydrogens (tertiary/aromatic N) is 3. The van der Waals surface area contributed by atoms with Crippen LogP contribution in [0.3, 0.4) is 0 Å². The van der Waals surface area contributed by atoms with Gasteiger partial charge in [0.25, 0.3) is 0 Å². The molecule has 0 spiro atoms. The maximum absolute atomic E-state index is 13.0. The highest BCUT2D eigenvalue weighted by Crippen LogP contribution is 2.35. The summed E-state index contributed by atoms with van der Waals surface area (Å²) in [7, 11) is 0. The van der Waals surface area contributed by atoms with E-state index in [0.29, 0.717) is 12.1 Å². The monoisotopic (exact) mass is 247 g/mol. The third kappa shape index (κ3) is 2.88. The van der Waals surface area contributed by atoms with Gasteiger partial charge in [-0.25, -0.2) is 4.39 Å². The Morgan fingerprint density at radius 2 is 1.82 bits per heavy atom. The van der Waals surface area contributed by atoms with E-state index in [0.717, 1.165) is 0 Å². The van der Waals surface area contributed by atoms with Crippen LogP contribution >= 0.6 is 0 Å². The molecule has 0 aliphatic rings. The second kappa shape index (κ2) is 4.25. The SMILES string of the molecule is CC(C)(N=[N+]=[N-])c1ccc(F)c(C(F)(F)F)c1. The Morgan fingerprint density at radius 3 is 2.29 bits per heavy atom. The molecule has 0 fully saturated rings. The quantitative estimate of drug-likeness (QED) is 0.322. The molecule has 0 bridgehead atoms. The maximum Gasteiger partial charge on any atom is 0.419 e. The van der Waals surface area contributed by atoms with Crippen molar-refractivity contribution in [3.63, 3.8) is 0 Å². The second-order valence-electron chi connectivity index (χ2n) is 3.94. The van der Waals surface area contributed by atoms with E-state index < -0.39 is 23.1 Å². The summed E-state index contributed by atoms with van der Waals surface area (Å²) in [4.78, 5) is 2.55. The van der Waals surface area contributed by atoms with E-state index in [1.54, 1.807) is 0 Å². The van der Waals surface area contributed by atoms with Gasteiger partial charge in [0.2, 0.25) is 0 Å².